The second kappa shape index (κ2) is 8.35. The van der Waals surface area contributed by atoms with Crippen LogP contribution in [0.25, 0.3) is 0 Å². The van der Waals surface area contributed by atoms with Gasteiger partial charge in [0, 0.05) is 19.3 Å². The van der Waals surface area contributed by atoms with Gasteiger partial charge in [0.15, 0.2) is 0 Å². The van der Waals surface area contributed by atoms with Crippen molar-refractivity contribution in [1.82, 2.24) is 0 Å². The quantitative estimate of drug-likeness (QED) is 0.723. The number of ether oxygens (including phenoxy) is 2. The second-order valence-electron chi connectivity index (χ2n) is 6.58. The third-order valence-corrected chi connectivity index (χ3v) is 5.12. The molecule has 0 radical (unpaired) electrons. The Balaban J connectivity index is 1.80. The highest BCUT2D eigenvalue weighted by Crippen LogP contribution is 2.34. The Hall–Kier alpha value is -0.120. The predicted molar refractivity (Wildman–Crippen MR) is 82.9 cm³/mol. The Morgan fingerprint density at radius 3 is 2.55 bits per heavy atom. The van der Waals surface area contributed by atoms with Gasteiger partial charge in [-0.2, -0.15) is 0 Å². The Labute approximate surface area is 124 Å². The highest BCUT2D eigenvalue weighted by molar-refractivity contribution is 4.93. The molecule has 0 spiro atoms. The standard InChI is InChI=1S/C17H33NO2/c1-2-20-17(12-5-3-4-6-13-17)16(18)11-7-9-15-10-8-14-19-15/h15-16H,2-14,18H2,1H3. The molecule has 1 heterocycles. The Morgan fingerprint density at radius 2 is 1.95 bits per heavy atom. The molecule has 0 aromatic heterocycles. The molecule has 3 nitrogen and oxygen atoms in total. The van der Waals surface area contributed by atoms with E-state index in [0.29, 0.717) is 6.10 Å². The summed E-state index contributed by atoms with van der Waals surface area (Å²) in [5.74, 6) is 0. The van der Waals surface area contributed by atoms with Crippen molar-refractivity contribution in [1.29, 1.82) is 0 Å². The minimum atomic E-state index is -0.0399. The zero-order valence-corrected chi connectivity index (χ0v) is 13.2. The first kappa shape index (κ1) is 16.3. The van der Waals surface area contributed by atoms with Crippen LogP contribution in [-0.4, -0.2) is 31.0 Å². The van der Waals surface area contributed by atoms with Crippen molar-refractivity contribution in [2.75, 3.05) is 13.2 Å². The minimum absolute atomic E-state index is 0.0399. The Bertz CT molecular complexity index is 256. The largest absolute Gasteiger partial charge is 0.378 e. The van der Waals surface area contributed by atoms with Crippen molar-refractivity contribution in [3.63, 3.8) is 0 Å². The molecule has 0 aromatic rings. The van der Waals surface area contributed by atoms with Crippen molar-refractivity contribution in [2.24, 2.45) is 5.73 Å². The third-order valence-electron chi connectivity index (χ3n) is 5.12. The van der Waals surface area contributed by atoms with Gasteiger partial charge in [-0.25, -0.2) is 0 Å². The highest BCUT2D eigenvalue weighted by Gasteiger charge is 2.37. The van der Waals surface area contributed by atoms with Crippen molar-refractivity contribution in [3.8, 4) is 0 Å². The first-order valence-electron chi connectivity index (χ1n) is 8.78. The van der Waals surface area contributed by atoms with Crippen LogP contribution >= 0.6 is 0 Å². The molecular weight excluding hydrogens is 250 g/mol. The van der Waals surface area contributed by atoms with Gasteiger partial charge >= 0.3 is 0 Å². The molecule has 2 aliphatic rings. The molecule has 2 fully saturated rings. The molecule has 0 bridgehead atoms. The lowest BCUT2D eigenvalue weighted by molar-refractivity contribution is -0.0708. The summed E-state index contributed by atoms with van der Waals surface area (Å²) in [6.45, 7) is 3.85. The molecular formula is C17H33NO2. The molecule has 2 unspecified atom stereocenters. The Kier molecular flexibility index (Phi) is 6.79. The van der Waals surface area contributed by atoms with E-state index in [9.17, 15) is 0 Å². The zero-order chi connectivity index (χ0) is 14.3. The van der Waals surface area contributed by atoms with E-state index in [4.69, 9.17) is 15.2 Å². The van der Waals surface area contributed by atoms with Crippen LogP contribution in [0.15, 0.2) is 0 Å². The lowest BCUT2D eigenvalue weighted by Gasteiger charge is -2.38. The molecule has 2 atom stereocenters. The van der Waals surface area contributed by atoms with E-state index < -0.39 is 0 Å². The van der Waals surface area contributed by atoms with Crippen LogP contribution in [0.1, 0.15) is 77.6 Å². The van der Waals surface area contributed by atoms with E-state index in [1.807, 2.05) is 0 Å². The molecule has 1 aliphatic heterocycles. The normalized spacial score (nSPS) is 28.2. The first-order valence-corrected chi connectivity index (χ1v) is 8.78. The fourth-order valence-electron chi connectivity index (χ4n) is 3.94. The van der Waals surface area contributed by atoms with Gasteiger partial charge in [-0.05, 0) is 51.9 Å². The summed E-state index contributed by atoms with van der Waals surface area (Å²) in [5, 5.41) is 0. The van der Waals surface area contributed by atoms with E-state index in [1.54, 1.807) is 0 Å². The summed E-state index contributed by atoms with van der Waals surface area (Å²) in [6, 6.07) is 0.196. The summed E-state index contributed by atoms with van der Waals surface area (Å²) >= 11 is 0. The zero-order valence-electron chi connectivity index (χ0n) is 13.2. The number of rotatable bonds is 7. The molecule has 1 aliphatic carbocycles. The fourth-order valence-corrected chi connectivity index (χ4v) is 3.94. The van der Waals surface area contributed by atoms with Crippen molar-refractivity contribution in [2.45, 2.75) is 95.3 Å². The average Bonchev–Trinajstić information content (AvgIpc) is 2.84. The topological polar surface area (TPSA) is 44.5 Å². The molecule has 2 N–H and O–H groups in total. The van der Waals surface area contributed by atoms with Gasteiger partial charge in [0.05, 0.1) is 11.7 Å². The molecule has 118 valence electrons. The van der Waals surface area contributed by atoms with Gasteiger partial charge < -0.3 is 15.2 Å². The predicted octanol–water partition coefficient (Wildman–Crippen LogP) is 3.79. The van der Waals surface area contributed by atoms with Gasteiger partial charge in [-0.3, -0.25) is 0 Å². The summed E-state index contributed by atoms with van der Waals surface area (Å²) in [5.41, 5.74) is 6.52. The summed E-state index contributed by atoms with van der Waals surface area (Å²) < 4.78 is 11.9. The molecule has 2 rings (SSSR count). The lowest BCUT2D eigenvalue weighted by Crippen LogP contribution is -2.50. The van der Waals surface area contributed by atoms with E-state index >= 15 is 0 Å². The number of hydrogen-bond donors (Lipinski definition) is 1. The van der Waals surface area contributed by atoms with Crippen molar-refractivity contribution >= 4 is 0 Å². The summed E-state index contributed by atoms with van der Waals surface area (Å²) in [7, 11) is 0. The summed E-state index contributed by atoms with van der Waals surface area (Å²) in [6.07, 6.45) is 14.0. The average molecular weight is 283 g/mol. The SMILES string of the molecule is CCOC1(C(N)CCCC2CCCO2)CCCCCC1. The van der Waals surface area contributed by atoms with Crippen LogP contribution in [0, 0.1) is 0 Å². The van der Waals surface area contributed by atoms with E-state index in [1.165, 1.54) is 51.4 Å². The van der Waals surface area contributed by atoms with Crippen LogP contribution in [-0.2, 0) is 9.47 Å². The van der Waals surface area contributed by atoms with Crippen LogP contribution in [0.4, 0.5) is 0 Å². The van der Waals surface area contributed by atoms with E-state index in [-0.39, 0.29) is 11.6 Å². The monoisotopic (exact) mass is 283 g/mol. The molecule has 1 saturated heterocycles. The van der Waals surface area contributed by atoms with Gasteiger partial charge in [-0.15, -0.1) is 0 Å². The maximum absolute atomic E-state index is 6.56. The van der Waals surface area contributed by atoms with Crippen LogP contribution in [0.2, 0.25) is 0 Å². The minimum Gasteiger partial charge on any atom is -0.378 e. The summed E-state index contributed by atoms with van der Waals surface area (Å²) in [4.78, 5) is 0. The van der Waals surface area contributed by atoms with Gasteiger partial charge in [0.25, 0.3) is 0 Å². The molecule has 0 aromatic carbocycles. The van der Waals surface area contributed by atoms with Gasteiger partial charge in [-0.1, -0.05) is 25.7 Å². The van der Waals surface area contributed by atoms with E-state index in [0.717, 1.165) is 32.5 Å². The smallest absolute Gasteiger partial charge is 0.0832 e. The molecule has 3 heteroatoms. The number of nitrogens with two attached hydrogens (primary N) is 1. The van der Waals surface area contributed by atoms with Crippen LogP contribution < -0.4 is 5.73 Å². The third kappa shape index (κ3) is 4.44. The van der Waals surface area contributed by atoms with Crippen molar-refractivity contribution in [3.05, 3.63) is 0 Å². The van der Waals surface area contributed by atoms with Gasteiger partial charge in [0.1, 0.15) is 0 Å². The van der Waals surface area contributed by atoms with Gasteiger partial charge in [0.2, 0.25) is 0 Å². The number of hydrogen-bond acceptors (Lipinski definition) is 3. The maximum Gasteiger partial charge on any atom is 0.0832 e. The first-order chi connectivity index (χ1) is 9.77. The fraction of sp³-hybridized carbons (Fsp3) is 1.00. The highest BCUT2D eigenvalue weighted by atomic mass is 16.5. The van der Waals surface area contributed by atoms with Crippen molar-refractivity contribution < 1.29 is 9.47 Å². The Morgan fingerprint density at radius 1 is 1.20 bits per heavy atom. The molecule has 1 saturated carbocycles. The molecule has 20 heavy (non-hydrogen) atoms. The van der Waals surface area contributed by atoms with Crippen LogP contribution in [0.3, 0.4) is 0 Å². The maximum atomic E-state index is 6.56. The molecule has 0 amide bonds. The lowest BCUT2D eigenvalue weighted by atomic mass is 9.83. The van der Waals surface area contributed by atoms with Crippen LogP contribution in [0.5, 0.6) is 0 Å². The van der Waals surface area contributed by atoms with E-state index in [2.05, 4.69) is 6.92 Å². The second-order valence-corrected chi connectivity index (χ2v) is 6.58.